The first-order chi connectivity index (χ1) is 7.16. The zero-order valence-corrected chi connectivity index (χ0v) is 9.27. The number of likely N-dealkylation sites (tertiary alicyclic amines) is 1. The quantitative estimate of drug-likeness (QED) is 0.733. The summed E-state index contributed by atoms with van der Waals surface area (Å²) in [7, 11) is 1.75. The summed E-state index contributed by atoms with van der Waals surface area (Å²) in [4.78, 5) is 13.1. The van der Waals surface area contributed by atoms with Crippen LogP contribution in [-0.2, 0) is 4.79 Å². The van der Waals surface area contributed by atoms with E-state index in [0.29, 0.717) is 6.42 Å². The summed E-state index contributed by atoms with van der Waals surface area (Å²) in [5.41, 5.74) is 3.93. The zero-order valence-electron chi connectivity index (χ0n) is 9.27. The van der Waals surface area contributed by atoms with Gasteiger partial charge in [-0.3, -0.25) is 10.1 Å². The van der Waals surface area contributed by atoms with Crippen LogP contribution in [0, 0.1) is 0 Å². The predicted octanol–water partition coefficient (Wildman–Crippen LogP) is 0.0864. The molecule has 0 aliphatic carbocycles. The largest absolute Gasteiger partial charge is 0.401 e. The Morgan fingerprint density at radius 3 is 2.50 bits per heavy atom. The normalized spacial score (nSPS) is 31.9. The molecule has 16 heavy (non-hydrogen) atoms. The number of hydrogen-bond donors (Lipinski definition) is 2. The van der Waals surface area contributed by atoms with Gasteiger partial charge in [-0.25, -0.2) is 0 Å². The Kier molecular flexibility index (Phi) is 3.49. The van der Waals surface area contributed by atoms with Crippen LogP contribution in [0.1, 0.15) is 13.3 Å². The van der Waals surface area contributed by atoms with E-state index in [1.165, 1.54) is 0 Å². The fourth-order valence-electron chi connectivity index (χ4n) is 1.97. The molecule has 2 atom stereocenters. The molecule has 0 spiro atoms. The van der Waals surface area contributed by atoms with Crippen molar-refractivity contribution in [1.82, 2.24) is 10.2 Å². The van der Waals surface area contributed by atoms with Crippen LogP contribution in [0.4, 0.5) is 13.2 Å². The van der Waals surface area contributed by atoms with Gasteiger partial charge in [-0.15, -0.1) is 0 Å². The number of likely N-dealkylation sites (N-methyl/N-ethyl adjacent to an activating group) is 1. The van der Waals surface area contributed by atoms with E-state index >= 15 is 0 Å². The first-order valence-electron chi connectivity index (χ1n) is 4.98. The smallest absolute Gasteiger partial charge is 0.368 e. The van der Waals surface area contributed by atoms with Crippen molar-refractivity contribution in [2.45, 2.75) is 31.1 Å². The number of carbonyl (C=O) groups is 1. The maximum absolute atomic E-state index is 12.1. The maximum Gasteiger partial charge on any atom is 0.401 e. The van der Waals surface area contributed by atoms with Crippen LogP contribution >= 0.6 is 0 Å². The summed E-state index contributed by atoms with van der Waals surface area (Å²) in [5, 5.41) is 2.25. The Labute approximate surface area is 92.0 Å². The van der Waals surface area contributed by atoms with Gasteiger partial charge in [0.1, 0.15) is 5.54 Å². The Balaban J connectivity index is 2.73. The molecule has 94 valence electrons. The van der Waals surface area contributed by atoms with E-state index in [9.17, 15) is 18.0 Å². The van der Waals surface area contributed by atoms with E-state index < -0.39 is 24.2 Å². The molecule has 1 amide bonds. The van der Waals surface area contributed by atoms with Crippen LogP contribution in [0.25, 0.3) is 0 Å². The lowest BCUT2D eigenvalue weighted by molar-refractivity contribution is -0.135. The maximum atomic E-state index is 12.1. The molecule has 1 heterocycles. The fourth-order valence-corrected chi connectivity index (χ4v) is 1.97. The number of nitrogens with two attached hydrogens (primary N) is 1. The van der Waals surface area contributed by atoms with E-state index in [4.69, 9.17) is 5.73 Å². The molecule has 7 heteroatoms. The summed E-state index contributed by atoms with van der Waals surface area (Å²) in [5.74, 6) is -0.729. The molecule has 0 saturated carbocycles. The molecule has 0 bridgehead atoms. The van der Waals surface area contributed by atoms with Gasteiger partial charge in [-0.2, -0.15) is 13.2 Å². The number of nitrogens with one attached hydrogen (secondary N) is 1. The van der Waals surface area contributed by atoms with Gasteiger partial charge in [-0.1, -0.05) is 0 Å². The topological polar surface area (TPSA) is 58.4 Å². The minimum Gasteiger partial charge on any atom is -0.368 e. The number of carbonyl (C=O) groups excluding carboxylic acids is 1. The van der Waals surface area contributed by atoms with Gasteiger partial charge in [0.25, 0.3) is 0 Å². The number of primary amides is 1. The van der Waals surface area contributed by atoms with Crippen LogP contribution in [-0.4, -0.2) is 48.7 Å². The molecule has 0 aromatic heterocycles. The van der Waals surface area contributed by atoms with Gasteiger partial charge in [0, 0.05) is 12.6 Å². The molecule has 0 aromatic carbocycles. The van der Waals surface area contributed by atoms with Crippen LogP contribution in [0.5, 0.6) is 0 Å². The standard InChI is InChI=1S/C9H16F3N3O/c1-6-3-8(7(13)16,5-15(6)2)14-4-9(10,11)12/h6,14H,3-5H2,1-2H3,(H2,13,16). The molecular weight excluding hydrogens is 223 g/mol. The third-order valence-corrected chi connectivity index (χ3v) is 3.01. The lowest BCUT2D eigenvalue weighted by Gasteiger charge is -2.27. The van der Waals surface area contributed by atoms with Gasteiger partial charge in [0.05, 0.1) is 6.54 Å². The highest BCUT2D eigenvalue weighted by molar-refractivity contribution is 5.85. The molecule has 1 rings (SSSR count). The van der Waals surface area contributed by atoms with Gasteiger partial charge < -0.3 is 10.6 Å². The lowest BCUT2D eigenvalue weighted by atomic mass is 9.95. The molecule has 1 fully saturated rings. The Bertz CT molecular complexity index is 270. The van der Waals surface area contributed by atoms with Crippen molar-refractivity contribution >= 4 is 5.91 Å². The molecule has 1 aliphatic heterocycles. The molecule has 4 nitrogen and oxygen atoms in total. The lowest BCUT2D eigenvalue weighted by Crippen LogP contribution is -2.59. The number of rotatable bonds is 3. The minimum atomic E-state index is -4.34. The van der Waals surface area contributed by atoms with Gasteiger partial charge in [0.15, 0.2) is 0 Å². The highest BCUT2D eigenvalue weighted by atomic mass is 19.4. The Hall–Kier alpha value is -0.820. The van der Waals surface area contributed by atoms with Crippen molar-refractivity contribution in [3.05, 3.63) is 0 Å². The molecule has 1 saturated heterocycles. The third-order valence-electron chi connectivity index (χ3n) is 3.01. The number of alkyl halides is 3. The van der Waals surface area contributed by atoms with Gasteiger partial charge in [-0.05, 0) is 20.4 Å². The first kappa shape index (κ1) is 13.2. The van der Waals surface area contributed by atoms with Crippen molar-refractivity contribution < 1.29 is 18.0 Å². The Morgan fingerprint density at radius 1 is 1.62 bits per heavy atom. The summed E-state index contributed by atoms with van der Waals surface area (Å²) in [6, 6.07) is 0.0354. The fraction of sp³-hybridized carbons (Fsp3) is 0.889. The summed E-state index contributed by atoms with van der Waals surface area (Å²) in [6.07, 6.45) is -4.04. The SMILES string of the molecule is CC1CC(NCC(F)(F)F)(C(N)=O)CN1C. The third kappa shape index (κ3) is 2.85. The van der Waals surface area contributed by atoms with E-state index in [-0.39, 0.29) is 12.6 Å². The second-order valence-corrected chi connectivity index (χ2v) is 4.38. The number of halogens is 3. The van der Waals surface area contributed by atoms with Crippen molar-refractivity contribution in [3.8, 4) is 0 Å². The summed E-state index contributed by atoms with van der Waals surface area (Å²) < 4.78 is 36.3. The highest BCUT2D eigenvalue weighted by Gasteiger charge is 2.47. The average molecular weight is 239 g/mol. The monoisotopic (exact) mass is 239 g/mol. The van der Waals surface area contributed by atoms with Crippen LogP contribution in [0.3, 0.4) is 0 Å². The van der Waals surface area contributed by atoms with Gasteiger partial charge in [0.2, 0.25) is 5.91 Å². The summed E-state index contributed by atoms with van der Waals surface area (Å²) in [6.45, 7) is 0.857. The predicted molar refractivity (Wildman–Crippen MR) is 52.7 cm³/mol. The molecule has 2 unspecified atom stereocenters. The minimum absolute atomic E-state index is 0.0354. The van der Waals surface area contributed by atoms with Crippen molar-refractivity contribution in [3.63, 3.8) is 0 Å². The van der Waals surface area contributed by atoms with Crippen LogP contribution in [0.15, 0.2) is 0 Å². The molecular formula is C9H16F3N3O. The second-order valence-electron chi connectivity index (χ2n) is 4.38. The van der Waals surface area contributed by atoms with E-state index in [1.807, 2.05) is 11.8 Å². The van der Waals surface area contributed by atoms with E-state index in [2.05, 4.69) is 5.32 Å². The average Bonchev–Trinajstić information content (AvgIpc) is 2.40. The van der Waals surface area contributed by atoms with Crippen LogP contribution < -0.4 is 11.1 Å². The van der Waals surface area contributed by atoms with Crippen molar-refractivity contribution in [1.29, 1.82) is 0 Å². The number of amides is 1. The summed E-state index contributed by atoms with van der Waals surface area (Å²) >= 11 is 0. The molecule has 3 N–H and O–H groups in total. The Morgan fingerprint density at radius 2 is 2.19 bits per heavy atom. The number of hydrogen-bond acceptors (Lipinski definition) is 3. The number of nitrogens with zero attached hydrogens (tertiary/aromatic N) is 1. The van der Waals surface area contributed by atoms with Gasteiger partial charge >= 0.3 is 6.18 Å². The second kappa shape index (κ2) is 4.21. The molecule has 0 aromatic rings. The van der Waals surface area contributed by atoms with Crippen molar-refractivity contribution in [2.75, 3.05) is 20.1 Å². The van der Waals surface area contributed by atoms with E-state index in [1.54, 1.807) is 7.05 Å². The van der Waals surface area contributed by atoms with Crippen LogP contribution in [0.2, 0.25) is 0 Å². The first-order valence-corrected chi connectivity index (χ1v) is 4.98. The molecule has 1 aliphatic rings. The van der Waals surface area contributed by atoms with E-state index in [0.717, 1.165) is 0 Å². The van der Waals surface area contributed by atoms with Crippen molar-refractivity contribution in [2.24, 2.45) is 5.73 Å². The highest BCUT2D eigenvalue weighted by Crippen LogP contribution is 2.26. The zero-order chi connectivity index (χ0) is 12.6. The molecule has 0 radical (unpaired) electrons.